The standard InChI is InChI=1S/C26H28F2N6O2/c1-4-32(3)13-14-33(5-2)26-29-25(31-36-26)20-8-6-7-18(15-20)17-34-24(35)12-11-23(30-34)19-9-10-21(27)22(28)16-19/h6-12,15-16H,4-5,13-14,17H2,1-3H3. The van der Waals surface area contributed by atoms with Crippen molar-refractivity contribution >= 4 is 6.01 Å². The van der Waals surface area contributed by atoms with Crippen molar-refractivity contribution < 1.29 is 13.3 Å². The van der Waals surface area contributed by atoms with Crippen LogP contribution in [0.5, 0.6) is 0 Å². The Hall–Kier alpha value is -3.92. The first-order valence-electron chi connectivity index (χ1n) is 11.8. The van der Waals surface area contributed by atoms with Crippen molar-refractivity contribution in [3.05, 3.63) is 82.1 Å². The highest BCUT2D eigenvalue weighted by molar-refractivity contribution is 5.58. The third-order valence-electron chi connectivity index (χ3n) is 5.96. The number of anilines is 1. The lowest BCUT2D eigenvalue weighted by molar-refractivity contribution is 0.349. The molecule has 0 fully saturated rings. The van der Waals surface area contributed by atoms with Gasteiger partial charge in [-0.3, -0.25) is 4.79 Å². The van der Waals surface area contributed by atoms with Crippen LogP contribution in [-0.4, -0.2) is 58.0 Å². The number of likely N-dealkylation sites (N-methyl/N-ethyl adjacent to an activating group) is 2. The predicted molar refractivity (Wildman–Crippen MR) is 134 cm³/mol. The molecule has 0 unspecified atom stereocenters. The highest BCUT2D eigenvalue weighted by Gasteiger charge is 2.15. The minimum absolute atomic E-state index is 0.180. The first-order valence-corrected chi connectivity index (χ1v) is 11.8. The second kappa shape index (κ2) is 11.2. The fraction of sp³-hybridized carbons (Fsp3) is 0.308. The molecule has 0 aliphatic carbocycles. The highest BCUT2D eigenvalue weighted by atomic mass is 19.2. The van der Waals surface area contributed by atoms with Crippen LogP contribution in [-0.2, 0) is 6.54 Å². The van der Waals surface area contributed by atoms with Gasteiger partial charge in [-0.05, 0) is 56.4 Å². The summed E-state index contributed by atoms with van der Waals surface area (Å²) in [6.45, 7) is 7.67. The van der Waals surface area contributed by atoms with Crippen molar-refractivity contribution in [3.63, 3.8) is 0 Å². The molecule has 8 nitrogen and oxygen atoms in total. The summed E-state index contributed by atoms with van der Waals surface area (Å²) in [6, 6.07) is 14.3. The molecule has 188 valence electrons. The average molecular weight is 495 g/mol. The summed E-state index contributed by atoms with van der Waals surface area (Å²) in [5.74, 6) is -1.47. The topological polar surface area (TPSA) is 80.3 Å². The molecule has 36 heavy (non-hydrogen) atoms. The molecule has 0 bridgehead atoms. The zero-order chi connectivity index (χ0) is 25.7. The van der Waals surface area contributed by atoms with Gasteiger partial charge in [-0.1, -0.05) is 30.3 Å². The average Bonchev–Trinajstić information content (AvgIpc) is 3.37. The molecular weight excluding hydrogens is 466 g/mol. The highest BCUT2D eigenvalue weighted by Crippen LogP contribution is 2.22. The molecule has 0 atom stereocenters. The van der Waals surface area contributed by atoms with E-state index in [0.717, 1.165) is 49.4 Å². The van der Waals surface area contributed by atoms with Gasteiger partial charge in [-0.2, -0.15) is 10.1 Å². The number of aromatic nitrogens is 4. The molecule has 10 heteroatoms. The van der Waals surface area contributed by atoms with Crippen molar-refractivity contribution in [1.82, 2.24) is 24.8 Å². The Morgan fingerprint density at radius 2 is 1.78 bits per heavy atom. The van der Waals surface area contributed by atoms with Crippen LogP contribution < -0.4 is 10.5 Å². The summed E-state index contributed by atoms with van der Waals surface area (Å²) < 4.78 is 33.8. The van der Waals surface area contributed by atoms with Gasteiger partial charge >= 0.3 is 6.01 Å². The monoisotopic (exact) mass is 494 g/mol. The van der Waals surface area contributed by atoms with Gasteiger partial charge in [0.15, 0.2) is 11.6 Å². The van der Waals surface area contributed by atoms with Gasteiger partial charge in [-0.25, -0.2) is 13.5 Å². The summed E-state index contributed by atoms with van der Waals surface area (Å²) in [5.41, 5.74) is 1.97. The molecule has 4 rings (SSSR count). The number of halogens is 2. The Morgan fingerprint density at radius 1 is 0.944 bits per heavy atom. The van der Waals surface area contributed by atoms with E-state index in [1.807, 2.05) is 36.1 Å². The van der Waals surface area contributed by atoms with Crippen LogP contribution in [0.4, 0.5) is 14.8 Å². The molecule has 4 aromatic rings. The molecule has 0 saturated heterocycles. The van der Waals surface area contributed by atoms with Crippen molar-refractivity contribution in [3.8, 4) is 22.6 Å². The first kappa shape index (κ1) is 25.2. The molecule has 2 aromatic heterocycles. The zero-order valence-electron chi connectivity index (χ0n) is 20.5. The Kier molecular flexibility index (Phi) is 7.84. The van der Waals surface area contributed by atoms with Gasteiger partial charge in [0.25, 0.3) is 5.56 Å². The summed E-state index contributed by atoms with van der Waals surface area (Å²) in [6.07, 6.45) is 0. The van der Waals surface area contributed by atoms with Gasteiger partial charge in [0.05, 0.1) is 12.2 Å². The normalized spacial score (nSPS) is 11.3. The Balaban J connectivity index is 1.54. The van der Waals surface area contributed by atoms with Crippen molar-refractivity contribution in [2.24, 2.45) is 0 Å². The predicted octanol–water partition coefficient (Wildman–Crippen LogP) is 4.06. The van der Waals surface area contributed by atoms with E-state index < -0.39 is 11.6 Å². The molecule has 0 saturated carbocycles. The maximum Gasteiger partial charge on any atom is 0.324 e. The number of benzene rings is 2. The molecule has 2 heterocycles. The van der Waals surface area contributed by atoms with E-state index in [0.29, 0.717) is 23.1 Å². The third kappa shape index (κ3) is 5.83. The fourth-order valence-corrected chi connectivity index (χ4v) is 3.65. The second-order valence-corrected chi connectivity index (χ2v) is 8.42. The quantitative estimate of drug-likeness (QED) is 0.329. The van der Waals surface area contributed by atoms with Gasteiger partial charge in [0.1, 0.15) is 0 Å². The third-order valence-corrected chi connectivity index (χ3v) is 5.96. The molecular formula is C26H28F2N6O2. The molecule has 0 aliphatic heterocycles. The van der Waals surface area contributed by atoms with E-state index in [2.05, 4.69) is 34.1 Å². The minimum atomic E-state index is -0.974. The largest absolute Gasteiger partial charge is 0.324 e. The zero-order valence-corrected chi connectivity index (χ0v) is 20.5. The van der Waals surface area contributed by atoms with Crippen LogP contribution >= 0.6 is 0 Å². The van der Waals surface area contributed by atoms with Gasteiger partial charge in [0.2, 0.25) is 5.82 Å². The SMILES string of the molecule is CCN(C)CCN(CC)c1nc(-c2cccc(Cn3nc(-c4ccc(F)c(F)c4)ccc3=O)c2)no1. The van der Waals surface area contributed by atoms with Crippen LogP contribution in [0.25, 0.3) is 22.6 Å². The lowest BCUT2D eigenvalue weighted by atomic mass is 10.1. The molecule has 0 amide bonds. The van der Waals surface area contributed by atoms with Crippen LogP contribution in [0.2, 0.25) is 0 Å². The summed E-state index contributed by atoms with van der Waals surface area (Å²) in [5, 5.41) is 8.49. The van der Waals surface area contributed by atoms with Crippen LogP contribution in [0.3, 0.4) is 0 Å². The maximum atomic E-state index is 13.7. The van der Waals surface area contributed by atoms with E-state index in [9.17, 15) is 13.6 Å². The van der Waals surface area contributed by atoms with Crippen molar-refractivity contribution in [2.45, 2.75) is 20.4 Å². The Bertz CT molecular complexity index is 1390. The summed E-state index contributed by atoms with van der Waals surface area (Å²) in [4.78, 5) is 21.2. The van der Waals surface area contributed by atoms with Crippen LogP contribution in [0.1, 0.15) is 19.4 Å². The lowest BCUT2D eigenvalue weighted by Crippen LogP contribution is -2.33. The van der Waals surface area contributed by atoms with E-state index in [4.69, 9.17) is 4.52 Å². The van der Waals surface area contributed by atoms with Crippen molar-refractivity contribution in [1.29, 1.82) is 0 Å². The van der Waals surface area contributed by atoms with Crippen LogP contribution in [0, 0.1) is 11.6 Å². The molecule has 0 N–H and O–H groups in total. The fourth-order valence-electron chi connectivity index (χ4n) is 3.65. The number of hydrogen-bond acceptors (Lipinski definition) is 7. The molecule has 0 spiro atoms. The van der Waals surface area contributed by atoms with E-state index >= 15 is 0 Å². The minimum Gasteiger partial charge on any atom is -0.323 e. The van der Waals surface area contributed by atoms with E-state index in [1.54, 1.807) is 0 Å². The van der Waals surface area contributed by atoms with Crippen LogP contribution in [0.15, 0.2) is 63.9 Å². The van der Waals surface area contributed by atoms with Gasteiger partial charge in [0, 0.05) is 36.8 Å². The summed E-state index contributed by atoms with van der Waals surface area (Å²) >= 11 is 0. The van der Waals surface area contributed by atoms with Gasteiger partial charge in [-0.15, -0.1) is 0 Å². The maximum absolute atomic E-state index is 13.7. The molecule has 2 aromatic carbocycles. The molecule has 0 radical (unpaired) electrons. The molecule has 0 aliphatic rings. The van der Waals surface area contributed by atoms with E-state index in [1.165, 1.54) is 22.9 Å². The smallest absolute Gasteiger partial charge is 0.323 e. The van der Waals surface area contributed by atoms with Gasteiger partial charge < -0.3 is 14.3 Å². The van der Waals surface area contributed by atoms with Crippen molar-refractivity contribution in [2.75, 3.05) is 38.1 Å². The van der Waals surface area contributed by atoms with E-state index in [-0.39, 0.29) is 12.1 Å². The lowest BCUT2D eigenvalue weighted by Gasteiger charge is -2.21. The first-order chi connectivity index (χ1) is 17.4. The second-order valence-electron chi connectivity index (χ2n) is 8.42. The number of nitrogens with zero attached hydrogens (tertiary/aromatic N) is 6. The summed E-state index contributed by atoms with van der Waals surface area (Å²) in [7, 11) is 2.06. The Morgan fingerprint density at radius 3 is 2.53 bits per heavy atom. The number of hydrogen-bond donors (Lipinski definition) is 0. The number of rotatable bonds is 10. The Labute approximate surface area is 207 Å².